The minimum absolute atomic E-state index is 0.124. The Morgan fingerprint density at radius 2 is 2.21 bits per heavy atom. The molecule has 5 nitrogen and oxygen atoms in total. The molecule has 0 atom stereocenters. The van der Waals surface area contributed by atoms with E-state index in [9.17, 15) is 4.79 Å². The zero-order valence-electron chi connectivity index (χ0n) is 16.1. The van der Waals surface area contributed by atoms with E-state index in [0.29, 0.717) is 30.9 Å². The molecule has 0 amide bonds. The van der Waals surface area contributed by atoms with Crippen molar-refractivity contribution in [2.24, 2.45) is 0 Å². The molecule has 0 saturated carbocycles. The summed E-state index contributed by atoms with van der Waals surface area (Å²) in [5.74, 6) is 0.766. The molecule has 3 aliphatic rings. The molecule has 2 aliphatic carbocycles. The second kappa shape index (κ2) is 6.75. The molecule has 29 heavy (non-hydrogen) atoms. The molecule has 2 aromatic rings. The molecule has 0 spiro atoms. The number of rotatable bonds is 2. The molecular formula is C24H19N3O2. The number of Topliss-reactive ketones (excluding diaryl/α,β-unsaturated/α-hetero) is 1. The highest BCUT2D eigenvalue weighted by Crippen LogP contribution is 2.39. The predicted molar refractivity (Wildman–Crippen MR) is 111 cm³/mol. The summed E-state index contributed by atoms with van der Waals surface area (Å²) in [4.78, 5) is 17.1. The van der Waals surface area contributed by atoms with Gasteiger partial charge in [-0.2, -0.15) is 5.26 Å². The fourth-order valence-electron chi connectivity index (χ4n) is 4.15. The lowest BCUT2D eigenvalue weighted by molar-refractivity contribution is -0.112. The van der Waals surface area contributed by atoms with Gasteiger partial charge in [0.15, 0.2) is 5.78 Å². The van der Waals surface area contributed by atoms with E-state index in [-0.39, 0.29) is 5.78 Å². The molecule has 142 valence electrons. The van der Waals surface area contributed by atoms with Gasteiger partial charge in [-0.25, -0.2) is 4.98 Å². The Balaban J connectivity index is 1.56. The van der Waals surface area contributed by atoms with Crippen molar-refractivity contribution >= 4 is 17.0 Å². The zero-order valence-corrected chi connectivity index (χ0v) is 16.1. The summed E-state index contributed by atoms with van der Waals surface area (Å²) in [6.45, 7) is 3.44. The van der Waals surface area contributed by atoms with Gasteiger partial charge in [-0.05, 0) is 59.4 Å². The lowest BCUT2D eigenvalue weighted by Crippen LogP contribution is -2.20. The van der Waals surface area contributed by atoms with E-state index in [0.717, 1.165) is 51.2 Å². The molecule has 1 aromatic carbocycles. The number of benzene rings is 1. The van der Waals surface area contributed by atoms with Crippen molar-refractivity contribution in [3.05, 3.63) is 70.5 Å². The molecule has 1 aliphatic heterocycles. The van der Waals surface area contributed by atoms with Gasteiger partial charge in [-0.3, -0.25) is 4.79 Å². The number of nitriles is 1. The minimum Gasteiger partial charge on any atom is -0.474 e. The Bertz CT molecular complexity index is 1200. The predicted octanol–water partition coefficient (Wildman–Crippen LogP) is 4.15. The Hall–Kier alpha value is -3.65. The van der Waals surface area contributed by atoms with Crippen molar-refractivity contribution in [1.29, 1.82) is 5.26 Å². The van der Waals surface area contributed by atoms with Gasteiger partial charge >= 0.3 is 0 Å². The molecule has 0 radical (unpaired) electrons. The van der Waals surface area contributed by atoms with Crippen molar-refractivity contribution in [2.75, 3.05) is 18.5 Å². The third-order valence-corrected chi connectivity index (χ3v) is 5.67. The molecule has 1 N–H and O–H groups in total. The van der Waals surface area contributed by atoms with Crippen LogP contribution in [-0.4, -0.2) is 23.9 Å². The van der Waals surface area contributed by atoms with Gasteiger partial charge in [-0.15, -0.1) is 0 Å². The average Bonchev–Trinajstić information content (AvgIpc) is 3.33. The number of hydrogen-bond acceptors (Lipinski definition) is 5. The largest absolute Gasteiger partial charge is 0.474 e. The Labute approximate surface area is 169 Å². The van der Waals surface area contributed by atoms with Crippen molar-refractivity contribution in [1.82, 2.24) is 4.98 Å². The summed E-state index contributed by atoms with van der Waals surface area (Å²) in [5.41, 5.74) is 8.47. The number of nitrogens with zero attached hydrogens (tertiary/aromatic N) is 2. The molecule has 1 aromatic heterocycles. The fraction of sp³-hybridized carbons (Fsp3) is 0.208. The number of carbonyl (C=O) groups is 1. The zero-order chi connectivity index (χ0) is 20.0. The van der Waals surface area contributed by atoms with Crippen LogP contribution in [0.25, 0.3) is 16.7 Å². The number of aromatic nitrogens is 1. The van der Waals surface area contributed by atoms with Gasteiger partial charge in [0.2, 0.25) is 5.88 Å². The number of nitrogens with one attached hydrogen (secondary N) is 1. The van der Waals surface area contributed by atoms with Crippen LogP contribution in [0.3, 0.4) is 0 Å². The Morgan fingerprint density at radius 3 is 3.03 bits per heavy atom. The molecule has 5 rings (SSSR count). The summed E-state index contributed by atoms with van der Waals surface area (Å²) in [6, 6.07) is 8.33. The molecule has 0 bridgehead atoms. The first kappa shape index (κ1) is 17.4. The highest BCUT2D eigenvalue weighted by atomic mass is 16.5. The highest BCUT2D eigenvalue weighted by molar-refractivity contribution is 6.26. The number of carbonyl (C=O) groups excluding carboxylic acids is 1. The van der Waals surface area contributed by atoms with E-state index in [1.807, 2.05) is 30.5 Å². The highest BCUT2D eigenvalue weighted by Gasteiger charge is 2.26. The van der Waals surface area contributed by atoms with Gasteiger partial charge in [-0.1, -0.05) is 18.2 Å². The summed E-state index contributed by atoms with van der Waals surface area (Å²) in [5, 5.41) is 12.4. The van der Waals surface area contributed by atoms with Crippen LogP contribution in [0, 0.1) is 18.3 Å². The molecule has 0 unspecified atom stereocenters. The Morgan fingerprint density at radius 1 is 1.31 bits per heavy atom. The first-order valence-electron chi connectivity index (χ1n) is 9.69. The van der Waals surface area contributed by atoms with Crippen molar-refractivity contribution in [3.63, 3.8) is 0 Å². The van der Waals surface area contributed by atoms with Crippen molar-refractivity contribution in [3.8, 4) is 23.1 Å². The molecule has 5 heteroatoms. The molecular weight excluding hydrogens is 362 g/mol. The number of anilines is 1. The number of ether oxygens (including phenoxy) is 1. The number of allylic oxidation sites excluding steroid dienone is 6. The van der Waals surface area contributed by atoms with E-state index in [1.165, 1.54) is 0 Å². The first-order valence-corrected chi connectivity index (χ1v) is 9.69. The minimum atomic E-state index is 0.124. The van der Waals surface area contributed by atoms with Crippen LogP contribution in [0.2, 0.25) is 0 Å². The molecule has 2 heterocycles. The SMILES string of the molecule is Cc1c(-c2ccc3c(c2)/C(=C/C2=CC(C#N)=CC2)C(=O)C3)cnc2c1NCCO2. The van der Waals surface area contributed by atoms with E-state index in [1.54, 1.807) is 0 Å². The van der Waals surface area contributed by atoms with Crippen LogP contribution in [0.1, 0.15) is 23.1 Å². The maximum Gasteiger partial charge on any atom is 0.237 e. The quantitative estimate of drug-likeness (QED) is 0.791. The maximum atomic E-state index is 12.7. The number of fused-ring (bicyclic) bond motifs is 2. The van der Waals surface area contributed by atoms with Crippen molar-refractivity contribution in [2.45, 2.75) is 19.8 Å². The number of ketones is 1. The maximum absolute atomic E-state index is 12.7. The molecule has 0 fully saturated rings. The second-order valence-corrected chi connectivity index (χ2v) is 7.48. The van der Waals surface area contributed by atoms with Crippen LogP contribution in [0.4, 0.5) is 5.69 Å². The second-order valence-electron chi connectivity index (χ2n) is 7.48. The van der Waals surface area contributed by atoms with Crippen LogP contribution >= 0.6 is 0 Å². The first-order chi connectivity index (χ1) is 14.1. The van der Waals surface area contributed by atoms with Gasteiger partial charge in [0.1, 0.15) is 12.3 Å². The number of pyridine rings is 1. The third-order valence-electron chi connectivity index (χ3n) is 5.67. The third kappa shape index (κ3) is 2.94. The number of hydrogen-bond donors (Lipinski definition) is 1. The topological polar surface area (TPSA) is 75.0 Å². The molecule has 0 saturated heterocycles. The van der Waals surface area contributed by atoms with Gasteiger partial charge < -0.3 is 10.1 Å². The van der Waals surface area contributed by atoms with Crippen molar-refractivity contribution < 1.29 is 9.53 Å². The van der Waals surface area contributed by atoms with E-state index < -0.39 is 0 Å². The fourth-order valence-corrected chi connectivity index (χ4v) is 4.15. The standard InChI is InChI=1S/C24H19N3O2/c1-14-21(13-27-24-23(14)26-6-7-29-24)17-4-5-18-11-22(28)20(19(18)10-17)9-15-2-3-16(8-15)12-25/h3-5,8-10,13,26H,2,6-7,11H2,1H3/b20-9-. The summed E-state index contributed by atoms with van der Waals surface area (Å²) in [7, 11) is 0. The van der Waals surface area contributed by atoms with Crippen LogP contribution in [0.5, 0.6) is 5.88 Å². The van der Waals surface area contributed by atoms with Gasteiger partial charge in [0.05, 0.1) is 6.07 Å². The lowest BCUT2D eigenvalue weighted by atomic mass is 9.96. The van der Waals surface area contributed by atoms with Crippen LogP contribution in [-0.2, 0) is 11.2 Å². The van der Waals surface area contributed by atoms with E-state index in [4.69, 9.17) is 10.00 Å². The summed E-state index contributed by atoms with van der Waals surface area (Å²) in [6.07, 6.45) is 8.63. The average molecular weight is 381 g/mol. The van der Waals surface area contributed by atoms with Crippen LogP contribution in [0.15, 0.2) is 53.8 Å². The normalized spacial score (nSPS) is 18.3. The summed E-state index contributed by atoms with van der Waals surface area (Å²) >= 11 is 0. The van der Waals surface area contributed by atoms with E-state index in [2.05, 4.69) is 35.4 Å². The van der Waals surface area contributed by atoms with Gasteiger partial charge in [0.25, 0.3) is 0 Å². The monoisotopic (exact) mass is 381 g/mol. The Kier molecular flexibility index (Phi) is 4.06. The van der Waals surface area contributed by atoms with E-state index >= 15 is 0 Å². The van der Waals surface area contributed by atoms with Gasteiger partial charge in [0, 0.05) is 35.9 Å². The van der Waals surface area contributed by atoms with Crippen LogP contribution < -0.4 is 10.1 Å². The summed E-state index contributed by atoms with van der Waals surface area (Å²) < 4.78 is 5.63. The lowest BCUT2D eigenvalue weighted by Gasteiger charge is -2.21. The smallest absolute Gasteiger partial charge is 0.237 e.